The number of hydrogen-bond donors (Lipinski definition) is 0. The van der Waals surface area contributed by atoms with Crippen LogP contribution in [-0.2, 0) is 0 Å². The fourth-order valence-corrected chi connectivity index (χ4v) is 3.42. The van der Waals surface area contributed by atoms with Crippen LogP contribution in [-0.4, -0.2) is 7.11 Å². The van der Waals surface area contributed by atoms with E-state index in [4.69, 9.17) is 16.3 Å². The summed E-state index contributed by atoms with van der Waals surface area (Å²) in [5, 5.41) is -0.267. The van der Waals surface area contributed by atoms with Crippen molar-refractivity contribution >= 4 is 43.5 Å². The smallest absolute Gasteiger partial charge is 0.124 e. The van der Waals surface area contributed by atoms with Crippen LogP contribution in [0.4, 0.5) is 0 Å². The highest BCUT2D eigenvalue weighted by atomic mass is 79.9. The number of benzene rings is 2. The summed E-state index contributed by atoms with van der Waals surface area (Å²) < 4.78 is 7.54. The van der Waals surface area contributed by atoms with Crippen LogP contribution in [0.3, 0.4) is 0 Å². The molecule has 106 valence electrons. The van der Waals surface area contributed by atoms with Gasteiger partial charge in [0, 0.05) is 14.5 Å². The Morgan fingerprint density at radius 3 is 2.40 bits per heavy atom. The second kappa shape index (κ2) is 6.50. The predicted octanol–water partition coefficient (Wildman–Crippen LogP) is 6.17. The van der Waals surface area contributed by atoms with Gasteiger partial charge in [0.15, 0.2) is 0 Å². The van der Waals surface area contributed by atoms with Crippen molar-refractivity contribution in [3.63, 3.8) is 0 Å². The molecule has 2 aromatic carbocycles. The van der Waals surface area contributed by atoms with Crippen LogP contribution in [0.15, 0.2) is 39.3 Å². The van der Waals surface area contributed by atoms with E-state index in [1.165, 1.54) is 5.56 Å². The number of hydrogen-bond acceptors (Lipinski definition) is 1. The molecule has 0 heterocycles. The van der Waals surface area contributed by atoms with Crippen LogP contribution < -0.4 is 4.74 Å². The Kier molecular flexibility index (Phi) is 5.16. The van der Waals surface area contributed by atoms with Crippen molar-refractivity contribution in [2.24, 2.45) is 0 Å². The molecule has 1 atom stereocenters. The summed E-state index contributed by atoms with van der Waals surface area (Å²) >= 11 is 13.9. The lowest BCUT2D eigenvalue weighted by molar-refractivity contribution is 0.409. The molecule has 2 aromatic rings. The lowest BCUT2D eigenvalue weighted by Gasteiger charge is -2.18. The Hall–Kier alpha value is -0.510. The van der Waals surface area contributed by atoms with Crippen LogP contribution in [0, 0.1) is 13.8 Å². The molecule has 0 fully saturated rings. The van der Waals surface area contributed by atoms with Crippen LogP contribution in [0.1, 0.15) is 27.6 Å². The molecule has 0 radical (unpaired) electrons. The number of halogens is 3. The van der Waals surface area contributed by atoms with Crippen molar-refractivity contribution < 1.29 is 4.74 Å². The third-order valence-electron chi connectivity index (χ3n) is 3.28. The van der Waals surface area contributed by atoms with E-state index < -0.39 is 0 Å². The zero-order chi connectivity index (χ0) is 14.9. The molecule has 0 aliphatic rings. The molecule has 0 bridgehead atoms. The maximum Gasteiger partial charge on any atom is 0.124 e. The average Bonchev–Trinajstić information content (AvgIpc) is 2.43. The van der Waals surface area contributed by atoms with E-state index in [9.17, 15) is 0 Å². The third-order valence-corrected chi connectivity index (χ3v) is 5.69. The lowest BCUT2D eigenvalue weighted by atomic mass is 10.0. The second-order valence-electron chi connectivity index (χ2n) is 4.68. The number of aryl methyl sites for hydroxylation is 2. The topological polar surface area (TPSA) is 9.23 Å². The highest BCUT2D eigenvalue weighted by Gasteiger charge is 2.20. The first-order valence-corrected chi connectivity index (χ1v) is 8.21. The van der Waals surface area contributed by atoms with Gasteiger partial charge in [0.1, 0.15) is 5.75 Å². The number of methoxy groups -OCH3 is 1. The van der Waals surface area contributed by atoms with Gasteiger partial charge in [0.2, 0.25) is 0 Å². The van der Waals surface area contributed by atoms with E-state index in [1.807, 2.05) is 31.2 Å². The molecule has 0 saturated carbocycles. The van der Waals surface area contributed by atoms with Crippen molar-refractivity contribution in [1.29, 1.82) is 0 Å². The molecule has 0 saturated heterocycles. The van der Waals surface area contributed by atoms with Gasteiger partial charge in [-0.1, -0.05) is 50.1 Å². The largest absolute Gasteiger partial charge is 0.496 e. The van der Waals surface area contributed by atoms with E-state index in [-0.39, 0.29) is 5.38 Å². The van der Waals surface area contributed by atoms with Gasteiger partial charge >= 0.3 is 0 Å². The Morgan fingerprint density at radius 1 is 1.05 bits per heavy atom. The summed E-state index contributed by atoms with van der Waals surface area (Å²) in [6.45, 7) is 4.09. The molecular weight excluding hydrogens is 403 g/mol. The first-order chi connectivity index (χ1) is 9.45. The molecule has 0 N–H and O–H groups in total. The number of rotatable bonds is 3. The number of ether oxygens (including phenoxy) is 1. The fraction of sp³-hybridized carbons (Fsp3) is 0.250. The maximum absolute atomic E-state index is 6.69. The van der Waals surface area contributed by atoms with E-state index in [0.29, 0.717) is 0 Å². The molecular formula is C16H15Br2ClO. The first kappa shape index (κ1) is 15.9. The van der Waals surface area contributed by atoms with Crippen molar-refractivity contribution in [3.8, 4) is 5.75 Å². The standard InChI is InChI=1S/C16H15Br2ClO/c1-9-5-4-6-11(15(9)18)16(19)12-8-13(17)10(2)7-14(12)20-3/h4-8,16H,1-3H3. The van der Waals surface area contributed by atoms with Crippen LogP contribution in [0.2, 0.25) is 0 Å². The summed E-state index contributed by atoms with van der Waals surface area (Å²) in [7, 11) is 1.67. The average molecular weight is 419 g/mol. The molecule has 0 aromatic heterocycles. The van der Waals surface area contributed by atoms with Gasteiger partial charge in [0.05, 0.1) is 12.5 Å². The Morgan fingerprint density at radius 2 is 1.75 bits per heavy atom. The molecule has 20 heavy (non-hydrogen) atoms. The van der Waals surface area contributed by atoms with Crippen LogP contribution >= 0.6 is 43.5 Å². The minimum absolute atomic E-state index is 0.267. The minimum atomic E-state index is -0.267. The highest BCUT2D eigenvalue weighted by molar-refractivity contribution is 9.10. The van der Waals surface area contributed by atoms with E-state index in [0.717, 1.165) is 31.4 Å². The van der Waals surface area contributed by atoms with Crippen LogP contribution in [0.5, 0.6) is 5.75 Å². The molecule has 0 aliphatic carbocycles. The molecule has 4 heteroatoms. The molecule has 2 rings (SSSR count). The van der Waals surface area contributed by atoms with Crippen molar-refractivity contribution in [2.75, 3.05) is 7.11 Å². The van der Waals surface area contributed by atoms with Gasteiger partial charge < -0.3 is 4.74 Å². The van der Waals surface area contributed by atoms with Gasteiger partial charge in [-0.2, -0.15) is 0 Å². The molecule has 1 unspecified atom stereocenters. The monoisotopic (exact) mass is 416 g/mol. The van der Waals surface area contributed by atoms with Gasteiger partial charge in [-0.15, -0.1) is 11.6 Å². The Balaban J connectivity index is 2.55. The summed E-state index contributed by atoms with van der Waals surface area (Å²) in [5.41, 5.74) is 4.29. The van der Waals surface area contributed by atoms with E-state index in [2.05, 4.69) is 44.8 Å². The van der Waals surface area contributed by atoms with E-state index in [1.54, 1.807) is 7.11 Å². The zero-order valence-corrected chi connectivity index (χ0v) is 15.4. The lowest BCUT2D eigenvalue weighted by Crippen LogP contribution is -2.00. The molecule has 0 amide bonds. The van der Waals surface area contributed by atoms with Gasteiger partial charge in [0.25, 0.3) is 0 Å². The van der Waals surface area contributed by atoms with Crippen molar-refractivity contribution in [1.82, 2.24) is 0 Å². The summed E-state index contributed by atoms with van der Waals surface area (Å²) in [4.78, 5) is 0. The summed E-state index contributed by atoms with van der Waals surface area (Å²) in [5.74, 6) is 0.805. The van der Waals surface area contributed by atoms with E-state index >= 15 is 0 Å². The predicted molar refractivity (Wildman–Crippen MR) is 92.0 cm³/mol. The minimum Gasteiger partial charge on any atom is -0.496 e. The number of alkyl halides is 1. The first-order valence-electron chi connectivity index (χ1n) is 6.18. The van der Waals surface area contributed by atoms with Gasteiger partial charge in [-0.25, -0.2) is 0 Å². The maximum atomic E-state index is 6.69. The fourth-order valence-electron chi connectivity index (χ4n) is 2.08. The zero-order valence-electron chi connectivity index (χ0n) is 11.5. The van der Waals surface area contributed by atoms with Crippen molar-refractivity contribution in [2.45, 2.75) is 19.2 Å². The quantitative estimate of drug-likeness (QED) is 0.542. The SMILES string of the molecule is COc1cc(C)c(Br)cc1C(Cl)c1cccc(C)c1Br. The Labute approximate surface area is 141 Å². The Bertz CT molecular complexity index is 641. The summed E-state index contributed by atoms with van der Waals surface area (Å²) in [6, 6.07) is 10.1. The third kappa shape index (κ3) is 3.05. The van der Waals surface area contributed by atoms with Crippen molar-refractivity contribution in [3.05, 3.63) is 61.5 Å². The van der Waals surface area contributed by atoms with Crippen LogP contribution in [0.25, 0.3) is 0 Å². The van der Waals surface area contributed by atoms with Gasteiger partial charge in [-0.3, -0.25) is 0 Å². The molecule has 1 nitrogen and oxygen atoms in total. The molecule has 0 aliphatic heterocycles. The second-order valence-corrected chi connectivity index (χ2v) is 6.77. The highest BCUT2D eigenvalue weighted by Crippen LogP contribution is 2.41. The summed E-state index contributed by atoms with van der Waals surface area (Å²) in [6.07, 6.45) is 0. The molecule has 0 spiro atoms. The normalized spacial score (nSPS) is 12.3. The van der Waals surface area contributed by atoms with Gasteiger partial charge in [-0.05, 0) is 42.7 Å².